The molecule has 0 bridgehead atoms. The Bertz CT molecular complexity index is 145. The first-order valence-corrected chi connectivity index (χ1v) is 2.24. The van der Waals surface area contributed by atoms with Gasteiger partial charge in [0.15, 0.2) is 0 Å². The molecule has 0 aromatic rings. The Labute approximate surface area is 134 Å². The molecule has 0 radical (unpaired) electrons. The average Bonchev–Trinajstić information content (AvgIpc) is 1.84. The summed E-state index contributed by atoms with van der Waals surface area (Å²) in [6.07, 6.45) is -4.88. The number of hydrogen-bond donors (Lipinski definition) is 2. The van der Waals surface area contributed by atoms with E-state index in [1.54, 1.807) is 0 Å². The molecule has 0 heterocycles. The predicted octanol–water partition coefficient (Wildman–Crippen LogP) is -12.4. The SMILES string of the molecule is O.O.O=C([O-])C(O)C(O)C(=O)[O-].[K+].[Li+]. The van der Waals surface area contributed by atoms with E-state index in [1.807, 2.05) is 0 Å². The Morgan fingerprint density at radius 3 is 1.14 bits per heavy atom. The monoisotopic (exact) mass is 230 g/mol. The van der Waals surface area contributed by atoms with Crippen LogP contribution in [-0.2, 0) is 9.59 Å². The Morgan fingerprint density at radius 1 is 0.929 bits per heavy atom. The van der Waals surface area contributed by atoms with Crippen LogP contribution in [-0.4, -0.2) is 45.3 Å². The number of aliphatic carboxylic acids is 2. The largest absolute Gasteiger partial charge is 1.00 e. The summed E-state index contributed by atoms with van der Waals surface area (Å²) in [5.74, 6) is -4.12. The minimum absolute atomic E-state index is 0. The molecule has 0 aliphatic heterocycles. The smallest absolute Gasteiger partial charge is 0.547 e. The molecule has 0 aliphatic rings. The topological polar surface area (TPSA) is 184 Å². The fourth-order valence-electron chi connectivity index (χ4n) is 0.258. The molecule has 0 amide bonds. The van der Waals surface area contributed by atoms with Crippen LogP contribution >= 0.6 is 0 Å². The molecular formula is C4H8KLiO8. The van der Waals surface area contributed by atoms with Crippen molar-refractivity contribution < 1.29 is 111 Å². The Morgan fingerprint density at radius 2 is 1.07 bits per heavy atom. The van der Waals surface area contributed by atoms with E-state index in [4.69, 9.17) is 10.2 Å². The van der Waals surface area contributed by atoms with Crippen LogP contribution in [0.25, 0.3) is 0 Å². The molecule has 2 atom stereocenters. The summed E-state index contributed by atoms with van der Waals surface area (Å²) >= 11 is 0. The molecule has 0 saturated carbocycles. The molecular weight excluding hydrogens is 222 g/mol. The third kappa shape index (κ3) is 11.1. The fraction of sp³-hybridized carbons (Fsp3) is 0.500. The van der Waals surface area contributed by atoms with Gasteiger partial charge in [0.1, 0.15) is 12.2 Å². The first-order valence-electron chi connectivity index (χ1n) is 2.24. The normalized spacial score (nSPS) is 11.3. The minimum atomic E-state index is -2.44. The van der Waals surface area contributed by atoms with Gasteiger partial charge in [-0.2, -0.15) is 0 Å². The van der Waals surface area contributed by atoms with Crippen molar-refractivity contribution in [3.8, 4) is 0 Å². The average molecular weight is 230 g/mol. The molecule has 2 unspecified atom stereocenters. The molecule has 0 aromatic carbocycles. The second-order valence-electron chi connectivity index (χ2n) is 1.53. The number of carboxylic acid groups (broad SMARTS) is 2. The third-order valence-corrected chi connectivity index (χ3v) is 0.782. The molecule has 0 aromatic heterocycles. The van der Waals surface area contributed by atoms with Crippen LogP contribution in [0.2, 0.25) is 0 Å². The fourth-order valence-corrected chi connectivity index (χ4v) is 0.258. The van der Waals surface area contributed by atoms with Crippen LogP contribution in [0.3, 0.4) is 0 Å². The van der Waals surface area contributed by atoms with E-state index in [0.29, 0.717) is 0 Å². The van der Waals surface area contributed by atoms with Gasteiger partial charge in [-0.05, 0) is 0 Å². The van der Waals surface area contributed by atoms with Crippen molar-refractivity contribution >= 4 is 11.9 Å². The van der Waals surface area contributed by atoms with E-state index in [2.05, 4.69) is 0 Å². The van der Waals surface area contributed by atoms with E-state index in [1.165, 1.54) is 0 Å². The second kappa shape index (κ2) is 14.0. The molecule has 0 fully saturated rings. The Hall–Kier alpha value is 1.01. The second-order valence-corrected chi connectivity index (χ2v) is 1.53. The Kier molecular flexibility index (Phi) is 29.4. The van der Waals surface area contributed by atoms with Crippen LogP contribution < -0.4 is 80.5 Å². The van der Waals surface area contributed by atoms with Crippen molar-refractivity contribution in [2.75, 3.05) is 0 Å². The van der Waals surface area contributed by atoms with E-state index in [0.717, 1.165) is 0 Å². The third-order valence-electron chi connectivity index (χ3n) is 0.782. The standard InChI is InChI=1S/C4H6O6.K.Li.2H2O/c5-1(3(7)8)2(6)4(9)10;;;;/h1-2,5-6H,(H,7,8)(H,9,10);;;2*1H2/q;2*+1;;/p-2. The Balaban J connectivity index is -0.0000000675. The first kappa shape index (κ1) is 29.4. The van der Waals surface area contributed by atoms with Crippen molar-refractivity contribution in [3.05, 3.63) is 0 Å². The quantitative estimate of drug-likeness (QED) is 0.453. The number of carbonyl (C=O) groups is 2. The van der Waals surface area contributed by atoms with E-state index >= 15 is 0 Å². The van der Waals surface area contributed by atoms with Crippen molar-refractivity contribution in [2.24, 2.45) is 0 Å². The van der Waals surface area contributed by atoms with E-state index < -0.39 is 24.1 Å². The summed E-state index contributed by atoms with van der Waals surface area (Å²) in [5.41, 5.74) is 0. The van der Waals surface area contributed by atoms with Gasteiger partial charge in [0.05, 0.1) is 11.9 Å². The van der Waals surface area contributed by atoms with Crippen LogP contribution in [0.5, 0.6) is 0 Å². The summed E-state index contributed by atoms with van der Waals surface area (Å²) in [6, 6.07) is 0. The maximum absolute atomic E-state index is 9.63. The van der Waals surface area contributed by atoms with Gasteiger partial charge in [0.2, 0.25) is 0 Å². The van der Waals surface area contributed by atoms with E-state index in [-0.39, 0.29) is 81.2 Å². The van der Waals surface area contributed by atoms with Crippen molar-refractivity contribution in [1.82, 2.24) is 0 Å². The molecule has 0 saturated heterocycles. The zero-order valence-electron chi connectivity index (χ0n) is 7.68. The van der Waals surface area contributed by atoms with Gasteiger partial charge >= 0.3 is 70.2 Å². The van der Waals surface area contributed by atoms with Gasteiger partial charge in [0, 0.05) is 0 Å². The van der Waals surface area contributed by atoms with Crippen molar-refractivity contribution in [2.45, 2.75) is 12.2 Å². The van der Waals surface area contributed by atoms with Crippen LogP contribution in [0.1, 0.15) is 0 Å². The molecule has 6 N–H and O–H groups in total. The predicted molar refractivity (Wildman–Crippen MR) is 29.3 cm³/mol. The maximum atomic E-state index is 9.63. The van der Waals surface area contributed by atoms with Gasteiger partial charge in [-0.15, -0.1) is 0 Å². The van der Waals surface area contributed by atoms with Gasteiger partial charge in [-0.1, -0.05) is 0 Å². The van der Waals surface area contributed by atoms with E-state index in [9.17, 15) is 19.8 Å². The molecule has 0 rings (SSSR count). The summed E-state index contributed by atoms with van der Waals surface area (Å²) < 4.78 is 0. The van der Waals surface area contributed by atoms with Gasteiger partial charge in [0.25, 0.3) is 0 Å². The van der Waals surface area contributed by atoms with Crippen LogP contribution in [0.15, 0.2) is 0 Å². The first-order chi connectivity index (χ1) is 4.46. The number of carbonyl (C=O) groups excluding carboxylic acids is 2. The summed E-state index contributed by atoms with van der Waals surface area (Å²) in [7, 11) is 0. The number of rotatable bonds is 3. The molecule has 74 valence electrons. The zero-order chi connectivity index (χ0) is 8.31. The van der Waals surface area contributed by atoms with Gasteiger partial charge in [-0.25, -0.2) is 0 Å². The zero-order valence-corrected chi connectivity index (χ0v) is 10.8. The number of hydrogen-bond acceptors (Lipinski definition) is 6. The summed E-state index contributed by atoms with van der Waals surface area (Å²) in [6.45, 7) is 0. The summed E-state index contributed by atoms with van der Waals surface area (Å²) in [4.78, 5) is 19.3. The maximum Gasteiger partial charge on any atom is 1.00 e. The van der Waals surface area contributed by atoms with Gasteiger partial charge in [-0.3, -0.25) is 0 Å². The van der Waals surface area contributed by atoms with Crippen molar-refractivity contribution in [1.29, 1.82) is 0 Å². The molecule has 0 aliphatic carbocycles. The van der Waals surface area contributed by atoms with Crippen LogP contribution in [0.4, 0.5) is 0 Å². The number of carboxylic acids is 2. The molecule has 10 heteroatoms. The van der Waals surface area contributed by atoms with Gasteiger partial charge < -0.3 is 41.0 Å². The molecule has 8 nitrogen and oxygen atoms in total. The minimum Gasteiger partial charge on any atom is -0.547 e. The van der Waals surface area contributed by atoms with Crippen LogP contribution in [0, 0.1) is 0 Å². The molecule has 14 heavy (non-hydrogen) atoms. The number of aliphatic hydroxyl groups excluding tert-OH is 2. The number of aliphatic hydroxyl groups is 2. The molecule has 0 spiro atoms. The summed E-state index contributed by atoms with van der Waals surface area (Å²) in [5, 5.41) is 35.7. The van der Waals surface area contributed by atoms with Crippen molar-refractivity contribution in [3.63, 3.8) is 0 Å².